The van der Waals surface area contributed by atoms with Crippen LogP contribution in [0.4, 0.5) is 4.79 Å². The molecule has 6 heteroatoms. The minimum atomic E-state index is -1.46. The van der Waals surface area contributed by atoms with E-state index in [-0.39, 0.29) is 17.2 Å². The number of hydrogen-bond donors (Lipinski definition) is 2. The van der Waals surface area contributed by atoms with Gasteiger partial charge in [0.2, 0.25) is 11.5 Å². The third-order valence-corrected chi connectivity index (χ3v) is 7.29. The number of carbonyl (C=O) groups is 1. The van der Waals surface area contributed by atoms with Crippen molar-refractivity contribution in [2.75, 3.05) is 13.2 Å². The molecular formula is C33H58O6. The Balaban J connectivity index is 3.45. The smallest absolute Gasteiger partial charge is 0.504 e. The van der Waals surface area contributed by atoms with Crippen molar-refractivity contribution >= 4 is 6.16 Å². The van der Waals surface area contributed by atoms with Gasteiger partial charge in [-0.1, -0.05) is 118 Å². The average molecular weight is 551 g/mol. The summed E-state index contributed by atoms with van der Waals surface area (Å²) in [5.74, 6) is 0.619. The lowest BCUT2D eigenvalue weighted by atomic mass is 9.93. The molecule has 0 amide bonds. The summed E-state index contributed by atoms with van der Waals surface area (Å²) < 4.78 is 17.8. The van der Waals surface area contributed by atoms with Gasteiger partial charge < -0.3 is 24.4 Å². The number of ether oxygens (including phenoxy) is 3. The van der Waals surface area contributed by atoms with Gasteiger partial charge in [-0.15, -0.1) is 0 Å². The number of phenols is 1. The van der Waals surface area contributed by atoms with E-state index in [1.165, 1.54) is 32.1 Å². The molecule has 1 aromatic carbocycles. The second-order valence-electron chi connectivity index (χ2n) is 10.8. The molecule has 0 aliphatic carbocycles. The number of carboxylic acid groups (broad SMARTS) is 1. The molecule has 0 aromatic heterocycles. The van der Waals surface area contributed by atoms with Gasteiger partial charge in [-0.05, 0) is 38.5 Å². The molecule has 0 heterocycles. The van der Waals surface area contributed by atoms with E-state index in [9.17, 15) is 15.0 Å². The molecule has 0 fully saturated rings. The van der Waals surface area contributed by atoms with Crippen molar-refractivity contribution < 1.29 is 29.2 Å². The van der Waals surface area contributed by atoms with E-state index < -0.39 is 6.16 Å². The minimum absolute atomic E-state index is 0.0988. The third kappa shape index (κ3) is 14.2. The Labute approximate surface area is 238 Å². The van der Waals surface area contributed by atoms with Crippen LogP contribution in [0, 0.1) is 0 Å². The van der Waals surface area contributed by atoms with E-state index in [2.05, 4.69) is 27.7 Å². The first-order valence-corrected chi connectivity index (χ1v) is 16.1. The number of unbranched alkanes of at least 4 members (excludes halogenated alkanes) is 14. The van der Waals surface area contributed by atoms with Crippen molar-refractivity contribution in [3.63, 3.8) is 0 Å². The van der Waals surface area contributed by atoms with Crippen LogP contribution in [0.3, 0.4) is 0 Å². The predicted octanol–water partition coefficient (Wildman–Crippen LogP) is 10.4. The topological polar surface area (TPSA) is 85.2 Å². The Morgan fingerprint density at radius 3 is 1.41 bits per heavy atom. The Morgan fingerprint density at radius 1 is 0.538 bits per heavy atom. The van der Waals surface area contributed by atoms with Gasteiger partial charge in [-0.3, -0.25) is 0 Å². The normalized spacial score (nSPS) is 11.1. The van der Waals surface area contributed by atoms with Crippen molar-refractivity contribution in [2.24, 2.45) is 0 Å². The van der Waals surface area contributed by atoms with Crippen molar-refractivity contribution in [1.29, 1.82) is 0 Å². The maximum absolute atomic E-state index is 11.7. The molecule has 0 bridgehead atoms. The molecule has 1 aromatic rings. The zero-order valence-electron chi connectivity index (χ0n) is 25.6. The summed E-state index contributed by atoms with van der Waals surface area (Å²) in [6, 6.07) is 0. The summed E-state index contributed by atoms with van der Waals surface area (Å²) in [7, 11) is 0. The predicted molar refractivity (Wildman–Crippen MR) is 161 cm³/mol. The monoisotopic (exact) mass is 550 g/mol. The van der Waals surface area contributed by atoms with Crippen molar-refractivity contribution in [1.82, 2.24) is 0 Å². The van der Waals surface area contributed by atoms with E-state index in [0.29, 0.717) is 25.4 Å². The van der Waals surface area contributed by atoms with Gasteiger partial charge in [0.25, 0.3) is 0 Å². The van der Waals surface area contributed by atoms with Crippen LogP contribution >= 0.6 is 0 Å². The number of rotatable bonds is 25. The Hall–Kier alpha value is -2.11. The van der Waals surface area contributed by atoms with Crippen molar-refractivity contribution in [3.05, 3.63) is 11.1 Å². The quantitative estimate of drug-likeness (QED) is 0.0715. The van der Waals surface area contributed by atoms with E-state index >= 15 is 0 Å². The number of benzene rings is 1. The maximum atomic E-state index is 11.7. The highest BCUT2D eigenvalue weighted by atomic mass is 16.7. The van der Waals surface area contributed by atoms with Crippen LogP contribution < -0.4 is 14.2 Å². The van der Waals surface area contributed by atoms with E-state index in [0.717, 1.165) is 101 Å². The molecule has 0 spiro atoms. The standard InChI is InChI=1S/C33H58O6/c1-5-9-13-17-19-23-27-28(24-20-18-14-10-6-2)30(37-25-21-15-11-7-3)32(38-26-22-16-12-8-4)31(29(27)34)39-33(35)36/h34H,5-26H2,1-4H3,(H,35,36). The molecule has 0 atom stereocenters. The van der Waals surface area contributed by atoms with E-state index in [1.54, 1.807) is 0 Å². The molecule has 0 saturated carbocycles. The molecule has 2 N–H and O–H groups in total. The zero-order valence-corrected chi connectivity index (χ0v) is 25.6. The average Bonchev–Trinajstić information content (AvgIpc) is 2.92. The van der Waals surface area contributed by atoms with Crippen molar-refractivity contribution in [3.8, 4) is 23.0 Å². The molecule has 0 radical (unpaired) electrons. The van der Waals surface area contributed by atoms with Crippen LogP contribution in [-0.2, 0) is 12.8 Å². The van der Waals surface area contributed by atoms with Crippen LogP contribution in [0.15, 0.2) is 0 Å². The highest BCUT2D eigenvalue weighted by molar-refractivity contribution is 5.72. The van der Waals surface area contributed by atoms with Gasteiger partial charge in [0, 0.05) is 11.1 Å². The highest BCUT2D eigenvalue weighted by Gasteiger charge is 2.29. The lowest BCUT2D eigenvalue weighted by Crippen LogP contribution is -2.12. The number of phenolic OH excluding ortho intramolecular Hbond substituents is 1. The van der Waals surface area contributed by atoms with Gasteiger partial charge in [0.1, 0.15) is 0 Å². The largest absolute Gasteiger partial charge is 0.511 e. The molecule has 226 valence electrons. The summed E-state index contributed by atoms with van der Waals surface area (Å²) >= 11 is 0. The molecule has 0 aliphatic rings. The summed E-state index contributed by atoms with van der Waals surface area (Å²) in [6.07, 6.45) is 19.6. The summed E-state index contributed by atoms with van der Waals surface area (Å²) in [5.41, 5.74) is 1.73. The molecule has 39 heavy (non-hydrogen) atoms. The van der Waals surface area contributed by atoms with Gasteiger partial charge >= 0.3 is 6.16 Å². The summed E-state index contributed by atoms with van der Waals surface area (Å²) in [5, 5.41) is 21.0. The Kier molecular flexibility index (Phi) is 20.3. The van der Waals surface area contributed by atoms with Crippen LogP contribution in [-0.4, -0.2) is 29.6 Å². The number of hydrogen-bond acceptors (Lipinski definition) is 5. The molecule has 0 aliphatic heterocycles. The van der Waals surface area contributed by atoms with Crippen LogP contribution in [0.2, 0.25) is 0 Å². The summed E-state index contributed by atoms with van der Waals surface area (Å²) in [6.45, 7) is 9.71. The third-order valence-electron chi connectivity index (χ3n) is 7.29. The van der Waals surface area contributed by atoms with Gasteiger partial charge in [0.05, 0.1) is 13.2 Å². The second-order valence-corrected chi connectivity index (χ2v) is 10.8. The van der Waals surface area contributed by atoms with E-state index in [1.807, 2.05) is 0 Å². The van der Waals surface area contributed by atoms with Crippen LogP contribution in [0.5, 0.6) is 23.0 Å². The highest BCUT2D eigenvalue weighted by Crippen LogP contribution is 2.51. The minimum Gasteiger partial charge on any atom is -0.504 e. The lowest BCUT2D eigenvalue weighted by molar-refractivity contribution is 0.139. The first-order chi connectivity index (χ1) is 19.0. The van der Waals surface area contributed by atoms with Gasteiger partial charge in [0.15, 0.2) is 11.5 Å². The maximum Gasteiger partial charge on any atom is 0.511 e. The van der Waals surface area contributed by atoms with Crippen LogP contribution in [0.1, 0.15) is 154 Å². The molecule has 0 saturated heterocycles. The van der Waals surface area contributed by atoms with E-state index in [4.69, 9.17) is 14.2 Å². The molecule has 1 rings (SSSR count). The zero-order chi connectivity index (χ0) is 28.7. The van der Waals surface area contributed by atoms with Gasteiger partial charge in [-0.25, -0.2) is 4.79 Å². The lowest BCUT2D eigenvalue weighted by Gasteiger charge is -2.23. The fourth-order valence-electron chi connectivity index (χ4n) is 4.98. The number of aromatic hydroxyl groups is 1. The Bertz CT molecular complexity index is 776. The molecule has 6 nitrogen and oxygen atoms in total. The SMILES string of the molecule is CCCCCCCc1c(O)c(OC(=O)O)c(OCCCCCC)c(OCCCCCC)c1CCCCCCC. The first kappa shape index (κ1) is 34.9. The van der Waals surface area contributed by atoms with Crippen LogP contribution in [0.25, 0.3) is 0 Å². The van der Waals surface area contributed by atoms with Crippen molar-refractivity contribution in [2.45, 2.75) is 156 Å². The fourth-order valence-corrected chi connectivity index (χ4v) is 4.98. The molecule has 0 unspecified atom stereocenters. The van der Waals surface area contributed by atoms with Gasteiger partial charge in [-0.2, -0.15) is 0 Å². The second kappa shape index (κ2) is 22.7. The fraction of sp³-hybridized carbons (Fsp3) is 0.788. The summed E-state index contributed by atoms with van der Waals surface area (Å²) in [4.78, 5) is 11.7. The molecular weight excluding hydrogens is 492 g/mol. The Morgan fingerprint density at radius 2 is 0.949 bits per heavy atom. The first-order valence-electron chi connectivity index (χ1n) is 16.1.